The van der Waals surface area contributed by atoms with Gasteiger partial charge in [0.15, 0.2) is 0 Å². The largest absolute Gasteiger partial charge is 0.444 e. The second-order valence-electron chi connectivity index (χ2n) is 5.20. The number of anilines is 2. The Morgan fingerprint density at radius 2 is 1.95 bits per heavy atom. The number of aromatic nitrogens is 1. The third kappa shape index (κ3) is 5.16. The molecular weight excluding hydrogens is 242 g/mol. The molecule has 1 aromatic rings. The van der Waals surface area contributed by atoms with Crippen molar-refractivity contribution in [1.82, 2.24) is 4.98 Å². The van der Waals surface area contributed by atoms with Crippen LogP contribution in [0, 0.1) is 0 Å². The average molecular weight is 265 g/mol. The first-order valence-corrected chi connectivity index (χ1v) is 6.56. The van der Waals surface area contributed by atoms with Gasteiger partial charge in [-0.2, -0.15) is 0 Å². The van der Waals surface area contributed by atoms with Crippen LogP contribution in [0.5, 0.6) is 0 Å². The number of amides is 1. The minimum Gasteiger partial charge on any atom is -0.444 e. The minimum atomic E-state index is -0.501. The summed E-state index contributed by atoms with van der Waals surface area (Å²) in [6, 6.07) is 3.71. The molecule has 0 unspecified atom stereocenters. The van der Waals surface area contributed by atoms with Crippen molar-refractivity contribution >= 4 is 17.6 Å². The monoisotopic (exact) mass is 265 g/mol. The lowest BCUT2D eigenvalue weighted by atomic mass is 10.2. The zero-order valence-electron chi connectivity index (χ0n) is 12.4. The van der Waals surface area contributed by atoms with Crippen LogP contribution in [-0.2, 0) is 4.74 Å². The van der Waals surface area contributed by atoms with Crippen molar-refractivity contribution in [2.45, 2.75) is 40.2 Å². The van der Waals surface area contributed by atoms with Crippen molar-refractivity contribution in [2.24, 2.45) is 0 Å². The summed E-state index contributed by atoms with van der Waals surface area (Å²) >= 11 is 0. The van der Waals surface area contributed by atoms with E-state index in [9.17, 15) is 4.79 Å². The van der Waals surface area contributed by atoms with Gasteiger partial charge < -0.3 is 9.64 Å². The van der Waals surface area contributed by atoms with Crippen LogP contribution in [0.1, 0.15) is 34.6 Å². The quantitative estimate of drug-likeness (QED) is 0.907. The molecule has 5 nitrogen and oxygen atoms in total. The molecule has 0 aromatic carbocycles. The van der Waals surface area contributed by atoms with Crippen LogP contribution in [0.15, 0.2) is 18.3 Å². The summed E-state index contributed by atoms with van der Waals surface area (Å²) in [4.78, 5) is 18.0. The first kappa shape index (κ1) is 15.3. The normalized spacial score (nSPS) is 11.0. The Hall–Kier alpha value is -1.78. The van der Waals surface area contributed by atoms with Crippen LogP contribution in [0.4, 0.5) is 16.3 Å². The molecule has 0 spiro atoms. The first-order chi connectivity index (χ1) is 8.85. The lowest BCUT2D eigenvalue weighted by Crippen LogP contribution is -2.27. The molecular formula is C14H23N3O2. The van der Waals surface area contributed by atoms with Crippen molar-refractivity contribution in [3.63, 3.8) is 0 Å². The highest BCUT2D eigenvalue weighted by Crippen LogP contribution is 2.15. The Balaban J connectivity index is 2.64. The first-order valence-electron chi connectivity index (χ1n) is 6.56. The molecule has 1 aromatic heterocycles. The van der Waals surface area contributed by atoms with Crippen molar-refractivity contribution in [1.29, 1.82) is 0 Å². The number of ether oxygens (including phenoxy) is 1. The number of carbonyl (C=O) groups is 1. The molecule has 5 heteroatoms. The van der Waals surface area contributed by atoms with Crippen LogP contribution in [0.2, 0.25) is 0 Å². The number of nitrogens with zero attached hydrogens (tertiary/aromatic N) is 2. The fourth-order valence-corrected chi connectivity index (χ4v) is 1.62. The van der Waals surface area contributed by atoms with E-state index in [1.54, 1.807) is 6.20 Å². The standard InChI is InChI=1S/C14H23N3O2/c1-6-17(7-2)12-9-8-11(10-15-12)16-13(18)19-14(3,4)5/h8-10H,6-7H2,1-5H3,(H,16,18). The van der Waals surface area contributed by atoms with E-state index >= 15 is 0 Å². The van der Waals surface area contributed by atoms with Gasteiger partial charge in [0.25, 0.3) is 0 Å². The molecule has 0 aliphatic carbocycles. The molecule has 1 rings (SSSR count). The predicted octanol–water partition coefficient (Wildman–Crippen LogP) is 3.27. The third-order valence-corrected chi connectivity index (χ3v) is 2.48. The van der Waals surface area contributed by atoms with Crippen LogP contribution in [0.3, 0.4) is 0 Å². The second kappa shape index (κ2) is 6.41. The van der Waals surface area contributed by atoms with E-state index in [-0.39, 0.29) is 0 Å². The number of carbonyl (C=O) groups excluding carboxylic acids is 1. The average Bonchev–Trinajstić information content (AvgIpc) is 2.30. The summed E-state index contributed by atoms with van der Waals surface area (Å²) in [6.07, 6.45) is 1.17. The Labute approximate surface area is 115 Å². The third-order valence-electron chi connectivity index (χ3n) is 2.48. The van der Waals surface area contributed by atoms with E-state index in [0.29, 0.717) is 5.69 Å². The van der Waals surface area contributed by atoms with Gasteiger partial charge in [-0.15, -0.1) is 0 Å². The molecule has 1 heterocycles. The van der Waals surface area contributed by atoms with Gasteiger partial charge in [0.2, 0.25) is 0 Å². The molecule has 0 saturated heterocycles. The fraction of sp³-hybridized carbons (Fsp3) is 0.571. The lowest BCUT2D eigenvalue weighted by molar-refractivity contribution is 0.0636. The smallest absolute Gasteiger partial charge is 0.412 e. The second-order valence-corrected chi connectivity index (χ2v) is 5.20. The Morgan fingerprint density at radius 1 is 1.32 bits per heavy atom. The van der Waals surface area contributed by atoms with E-state index in [4.69, 9.17) is 4.74 Å². The molecule has 0 fully saturated rings. The van der Waals surface area contributed by atoms with E-state index < -0.39 is 11.7 Å². The van der Waals surface area contributed by atoms with E-state index in [1.165, 1.54) is 0 Å². The van der Waals surface area contributed by atoms with Gasteiger partial charge in [0.1, 0.15) is 11.4 Å². The molecule has 0 bridgehead atoms. The Morgan fingerprint density at radius 3 is 2.37 bits per heavy atom. The molecule has 0 aliphatic heterocycles. The van der Waals surface area contributed by atoms with Crippen molar-refractivity contribution < 1.29 is 9.53 Å². The van der Waals surface area contributed by atoms with Gasteiger partial charge in [-0.05, 0) is 46.8 Å². The minimum absolute atomic E-state index is 0.468. The summed E-state index contributed by atoms with van der Waals surface area (Å²) < 4.78 is 5.17. The van der Waals surface area contributed by atoms with Gasteiger partial charge >= 0.3 is 6.09 Å². The topological polar surface area (TPSA) is 54.5 Å². The Kier molecular flexibility index (Phi) is 5.15. The maximum absolute atomic E-state index is 11.6. The van der Waals surface area contributed by atoms with Crippen LogP contribution in [0.25, 0.3) is 0 Å². The summed E-state index contributed by atoms with van der Waals surface area (Å²) in [7, 11) is 0. The predicted molar refractivity (Wildman–Crippen MR) is 77.7 cm³/mol. The molecule has 1 N–H and O–H groups in total. The van der Waals surface area contributed by atoms with Crippen LogP contribution < -0.4 is 10.2 Å². The van der Waals surface area contributed by atoms with Crippen molar-refractivity contribution in [2.75, 3.05) is 23.3 Å². The van der Waals surface area contributed by atoms with Crippen LogP contribution in [-0.4, -0.2) is 29.8 Å². The van der Waals surface area contributed by atoms with E-state index in [1.807, 2.05) is 32.9 Å². The molecule has 0 saturated carbocycles. The number of rotatable bonds is 4. The van der Waals surface area contributed by atoms with Gasteiger partial charge in [-0.1, -0.05) is 0 Å². The van der Waals surface area contributed by atoms with E-state index in [2.05, 4.69) is 29.0 Å². The number of pyridine rings is 1. The lowest BCUT2D eigenvalue weighted by Gasteiger charge is -2.21. The zero-order chi connectivity index (χ0) is 14.5. The zero-order valence-corrected chi connectivity index (χ0v) is 12.4. The summed E-state index contributed by atoms with van der Waals surface area (Å²) in [6.45, 7) is 11.5. The van der Waals surface area contributed by atoms with E-state index in [0.717, 1.165) is 18.9 Å². The number of nitrogens with one attached hydrogen (secondary N) is 1. The molecule has 0 atom stereocenters. The Bertz CT molecular complexity index is 406. The summed E-state index contributed by atoms with van der Waals surface area (Å²) in [5.41, 5.74) is 0.128. The highest BCUT2D eigenvalue weighted by Gasteiger charge is 2.16. The maximum Gasteiger partial charge on any atom is 0.412 e. The molecule has 1 amide bonds. The number of hydrogen-bond donors (Lipinski definition) is 1. The van der Waals surface area contributed by atoms with Gasteiger partial charge in [-0.3, -0.25) is 5.32 Å². The number of hydrogen-bond acceptors (Lipinski definition) is 4. The fourth-order valence-electron chi connectivity index (χ4n) is 1.62. The highest BCUT2D eigenvalue weighted by atomic mass is 16.6. The summed E-state index contributed by atoms with van der Waals surface area (Å²) in [5, 5.41) is 2.66. The molecule has 0 radical (unpaired) electrons. The highest BCUT2D eigenvalue weighted by molar-refractivity contribution is 5.84. The van der Waals surface area contributed by atoms with Crippen molar-refractivity contribution in [3.8, 4) is 0 Å². The molecule has 106 valence electrons. The van der Waals surface area contributed by atoms with Crippen molar-refractivity contribution in [3.05, 3.63) is 18.3 Å². The van der Waals surface area contributed by atoms with Gasteiger partial charge in [0.05, 0.1) is 11.9 Å². The SMILES string of the molecule is CCN(CC)c1ccc(NC(=O)OC(C)(C)C)cn1. The molecule has 19 heavy (non-hydrogen) atoms. The maximum atomic E-state index is 11.6. The summed E-state index contributed by atoms with van der Waals surface area (Å²) in [5.74, 6) is 0.903. The van der Waals surface area contributed by atoms with Crippen LogP contribution >= 0.6 is 0 Å². The molecule has 0 aliphatic rings. The van der Waals surface area contributed by atoms with Gasteiger partial charge in [-0.25, -0.2) is 9.78 Å². The van der Waals surface area contributed by atoms with Gasteiger partial charge in [0, 0.05) is 13.1 Å².